The number of carbonyl (C=O) groups is 3. The maximum Gasteiger partial charge on any atom is 0.410 e. The molecule has 2 saturated heterocycles. The van der Waals surface area contributed by atoms with Gasteiger partial charge in [0.1, 0.15) is 42.6 Å². The van der Waals surface area contributed by atoms with Crippen LogP contribution in [0.1, 0.15) is 102 Å². The third-order valence-corrected chi connectivity index (χ3v) is 18.1. The van der Waals surface area contributed by atoms with Crippen LogP contribution >= 0.6 is 0 Å². The molecule has 2 saturated carbocycles. The largest absolute Gasteiger partial charge is 0.444 e. The van der Waals surface area contributed by atoms with Crippen LogP contribution in [0, 0.1) is 11.6 Å². The van der Waals surface area contributed by atoms with E-state index in [-0.39, 0.29) is 48.4 Å². The number of aromatic nitrogens is 4. The van der Waals surface area contributed by atoms with Gasteiger partial charge in [0.15, 0.2) is 11.6 Å². The molecule has 4 fully saturated rings. The molecule has 0 spiro atoms. The van der Waals surface area contributed by atoms with Crippen LogP contribution in [0.3, 0.4) is 0 Å². The number of hydrogen-bond donors (Lipinski definition) is 2. The van der Waals surface area contributed by atoms with Crippen LogP contribution < -0.4 is 32.0 Å². The van der Waals surface area contributed by atoms with E-state index >= 15 is 0 Å². The third-order valence-electron chi connectivity index (χ3n) is 14.7. The highest BCUT2D eigenvalue weighted by atomic mass is 28.3. The van der Waals surface area contributed by atoms with E-state index in [0.29, 0.717) is 120 Å². The molecule has 3 N–H and O–H groups in total. The van der Waals surface area contributed by atoms with Crippen molar-refractivity contribution in [1.82, 2.24) is 34.2 Å². The zero-order valence-electron chi connectivity index (χ0n) is 52.6. The maximum absolute atomic E-state index is 13.5. The number of nitrogens with one attached hydrogen (secondary N) is 1. The molecule has 2 aromatic heterocycles. The second-order valence-corrected chi connectivity index (χ2v) is 38.3. The van der Waals surface area contributed by atoms with Crippen LogP contribution in [0.2, 0.25) is 51.4 Å². The summed E-state index contributed by atoms with van der Waals surface area (Å²) >= 11 is 0. The summed E-state index contributed by atoms with van der Waals surface area (Å²) in [5.74, 6) is 1.29. The smallest absolute Gasteiger partial charge is 0.410 e. The van der Waals surface area contributed by atoms with Crippen molar-refractivity contribution in [3.8, 4) is 0 Å². The van der Waals surface area contributed by atoms with Gasteiger partial charge >= 0.3 is 12.2 Å². The number of halogens is 2. The molecule has 85 heavy (non-hydrogen) atoms. The first-order valence-corrected chi connectivity index (χ1v) is 37.6. The predicted octanol–water partition coefficient (Wildman–Crippen LogP) is 9.21. The number of piperazine rings is 2. The van der Waals surface area contributed by atoms with Gasteiger partial charge in [-0.05, 0) is 128 Å². The molecule has 19 nitrogen and oxygen atoms in total. The van der Waals surface area contributed by atoms with E-state index in [1.54, 1.807) is 20.6 Å². The van der Waals surface area contributed by atoms with Gasteiger partial charge in [0.05, 0.1) is 11.4 Å². The predicted molar refractivity (Wildman–Crippen MR) is 335 cm³/mol. The quantitative estimate of drug-likeness (QED) is 0.0427. The van der Waals surface area contributed by atoms with E-state index < -0.39 is 27.3 Å². The number of carbonyl (C=O) groups excluding carboxylic acids is 3. The molecule has 4 atom stereocenters. The summed E-state index contributed by atoms with van der Waals surface area (Å²) in [6.07, 6.45) is 8.18. The molecule has 470 valence electrons. The van der Waals surface area contributed by atoms with Crippen molar-refractivity contribution >= 4 is 46.3 Å². The Hall–Kier alpha value is -5.86. The summed E-state index contributed by atoms with van der Waals surface area (Å²) in [6.45, 7) is 31.1. The molecular formula is C62H96F2N10O9Si2. The van der Waals surface area contributed by atoms with E-state index in [1.807, 2.05) is 81.8 Å². The molecule has 2 amide bonds. The van der Waals surface area contributed by atoms with Crippen LogP contribution in [0.4, 0.5) is 30.0 Å². The van der Waals surface area contributed by atoms with Gasteiger partial charge in [-0.15, -0.1) is 0 Å². The Morgan fingerprint density at radius 2 is 1.04 bits per heavy atom. The number of anilines is 2. The number of rotatable bonds is 22. The molecular weight excluding hydrogens is 1120 g/mol. The molecule has 0 radical (unpaired) electrons. The monoisotopic (exact) mass is 1220 g/mol. The molecule has 4 aromatic rings. The fourth-order valence-corrected chi connectivity index (χ4v) is 11.0. The van der Waals surface area contributed by atoms with Crippen molar-refractivity contribution in [2.45, 2.75) is 180 Å². The molecule has 4 aliphatic rings. The van der Waals surface area contributed by atoms with Gasteiger partial charge in [-0.25, -0.2) is 28.3 Å². The van der Waals surface area contributed by atoms with E-state index in [0.717, 1.165) is 56.3 Å². The number of nitrogens with zero attached hydrogens (tertiary/aromatic N) is 8. The SMILES string of the molecule is CC(C)(C)OC(=O)N1CCN(c2nc(CCC=O)cn(COCC[Si](C)(C)C)c2=O)CC1.CC(C)(C)OC(=O)N1CCN(c2nc(CCCN[C@@H]3C[C@H]3c3ccc(F)cc3)cn(COCC[Si](C)(C)C)c2=O)CC1.N[C@@H]1C[C@H]1c1ccc(F)cc1. The van der Waals surface area contributed by atoms with Gasteiger partial charge in [0.25, 0.3) is 11.1 Å². The first-order chi connectivity index (χ1) is 40.0. The van der Waals surface area contributed by atoms with Gasteiger partial charge in [0, 0.05) is 124 Å². The van der Waals surface area contributed by atoms with E-state index in [1.165, 1.54) is 40.0 Å². The molecule has 0 unspecified atom stereocenters. The van der Waals surface area contributed by atoms with Crippen molar-refractivity contribution in [1.29, 1.82) is 0 Å². The average Bonchev–Trinajstić information content (AvgIpc) is 3.35. The number of aldehydes is 1. The Balaban J connectivity index is 0.000000235. The van der Waals surface area contributed by atoms with Crippen molar-refractivity contribution < 1.29 is 42.1 Å². The van der Waals surface area contributed by atoms with E-state index in [2.05, 4.69) is 49.6 Å². The summed E-state index contributed by atoms with van der Waals surface area (Å²) in [7, 11) is -2.46. The van der Waals surface area contributed by atoms with Crippen LogP contribution in [-0.4, -0.2) is 159 Å². The van der Waals surface area contributed by atoms with Crippen LogP contribution in [-0.2, 0) is 50.0 Å². The van der Waals surface area contributed by atoms with E-state index in [4.69, 9.17) is 29.7 Å². The summed E-state index contributed by atoms with van der Waals surface area (Å²) in [6, 6.07) is 16.2. The molecule has 2 aliphatic carbocycles. The number of aryl methyl sites for hydroxylation is 2. The number of ether oxygens (including phenoxy) is 4. The average molecular weight is 1220 g/mol. The molecule has 4 heterocycles. The van der Waals surface area contributed by atoms with Crippen molar-refractivity contribution in [3.63, 3.8) is 0 Å². The van der Waals surface area contributed by atoms with Gasteiger partial charge in [0.2, 0.25) is 0 Å². The summed E-state index contributed by atoms with van der Waals surface area (Å²) < 4.78 is 51.5. The van der Waals surface area contributed by atoms with Crippen molar-refractivity contribution in [2.75, 3.05) is 81.9 Å². The van der Waals surface area contributed by atoms with Crippen molar-refractivity contribution in [2.24, 2.45) is 5.73 Å². The lowest BCUT2D eigenvalue weighted by atomic mass is 10.1. The minimum atomic E-state index is -1.24. The zero-order valence-corrected chi connectivity index (χ0v) is 54.6. The number of benzene rings is 2. The Labute approximate surface area is 504 Å². The molecule has 2 aliphatic heterocycles. The molecule has 23 heteroatoms. The maximum atomic E-state index is 13.5. The van der Waals surface area contributed by atoms with Crippen LogP contribution in [0.15, 0.2) is 70.5 Å². The third kappa shape index (κ3) is 23.4. The zero-order chi connectivity index (χ0) is 62.3. The van der Waals surface area contributed by atoms with Gasteiger partial charge in [-0.3, -0.25) is 18.7 Å². The summed E-state index contributed by atoms with van der Waals surface area (Å²) in [4.78, 5) is 78.8. The van der Waals surface area contributed by atoms with Crippen LogP contribution in [0.25, 0.3) is 0 Å². The van der Waals surface area contributed by atoms with Gasteiger partial charge < -0.3 is 54.4 Å². The molecule has 0 bridgehead atoms. The number of hydrogen-bond acceptors (Lipinski definition) is 15. The Bertz CT molecular complexity index is 2910. The normalized spacial score (nSPS) is 18.9. The van der Waals surface area contributed by atoms with Gasteiger partial charge in [-0.1, -0.05) is 63.5 Å². The van der Waals surface area contributed by atoms with Crippen LogP contribution in [0.5, 0.6) is 0 Å². The second kappa shape index (κ2) is 30.7. The Kier molecular flexibility index (Phi) is 24.6. The minimum absolute atomic E-state index is 0.158. The second-order valence-electron chi connectivity index (χ2n) is 27.1. The summed E-state index contributed by atoms with van der Waals surface area (Å²) in [5.41, 5.74) is 8.01. The highest BCUT2D eigenvalue weighted by Crippen LogP contribution is 2.41. The fourth-order valence-electron chi connectivity index (χ4n) is 9.51. The topological polar surface area (TPSA) is 209 Å². The highest BCUT2D eigenvalue weighted by molar-refractivity contribution is 6.76. The number of amides is 2. The first-order valence-electron chi connectivity index (χ1n) is 30.2. The Morgan fingerprint density at radius 3 is 1.41 bits per heavy atom. The van der Waals surface area contributed by atoms with Gasteiger partial charge in [-0.2, -0.15) is 0 Å². The van der Waals surface area contributed by atoms with Crippen molar-refractivity contribution in [3.05, 3.63) is 116 Å². The lowest BCUT2D eigenvalue weighted by Crippen LogP contribution is -2.51. The molecule has 8 rings (SSSR count). The standard InChI is InChI=1S/C31H48FN5O4Si.C22H38N4O5Si.C9H10FN/c1-31(2,3)41-30(39)36-16-14-35(15-17-36)28-29(38)37(22-40-18-19-42(4,5)6)21-25(34-28)8-7-13-33-27-20-26(27)23-9-11-24(32)12-10-23;1-22(2,3)31-21(29)25-11-9-24(10-12-25)19-20(28)26(16-18(23-19)8-7-13-27)17-30-14-15-32(4,5)6;10-7-3-1-6(2-4-7)8-5-9(8)11/h9-12,21,26-27,33H,7-8,13-20,22H2,1-6H3;13,16H,7-12,14-15,17H2,1-6H3;1-4,8-9H,5,11H2/t26-,27+;;8-,9+/m0.0/s1. The fraction of sp³-hybridized carbons (Fsp3) is 0.629. The van der Waals surface area contributed by atoms with E-state index in [9.17, 15) is 32.8 Å². The first kappa shape index (κ1) is 68.3. The highest BCUT2D eigenvalue weighted by Gasteiger charge is 2.38. The lowest BCUT2D eigenvalue weighted by Gasteiger charge is -2.36. The molecule has 2 aromatic carbocycles. The summed E-state index contributed by atoms with van der Waals surface area (Å²) in [5, 5.41) is 3.61. The lowest BCUT2D eigenvalue weighted by molar-refractivity contribution is -0.107. The minimum Gasteiger partial charge on any atom is -0.444 e. The number of nitrogens with two attached hydrogens (primary N) is 1. The Morgan fingerprint density at radius 1 is 0.635 bits per heavy atom.